The monoisotopic (exact) mass is 347 g/mol. The SMILES string of the molecule is COC(=O)c1cccn1C1CCN([C@H](C)C(=O)NC2CCCC2)CC1. The van der Waals surface area contributed by atoms with Gasteiger partial charge >= 0.3 is 5.97 Å². The number of ether oxygens (including phenoxy) is 1. The maximum Gasteiger partial charge on any atom is 0.354 e. The highest BCUT2D eigenvalue weighted by Crippen LogP contribution is 2.26. The minimum absolute atomic E-state index is 0.0914. The molecule has 1 saturated heterocycles. The quantitative estimate of drug-likeness (QED) is 0.831. The summed E-state index contributed by atoms with van der Waals surface area (Å²) in [4.78, 5) is 26.6. The van der Waals surface area contributed by atoms with Crippen molar-refractivity contribution in [2.24, 2.45) is 0 Å². The van der Waals surface area contributed by atoms with E-state index < -0.39 is 0 Å². The number of esters is 1. The van der Waals surface area contributed by atoms with Crippen LogP contribution in [0.2, 0.25) is 0 Å². The second-order valence-electron chi connectivity index (χ2n) is 7.23. The lowest BCUT2D eigenvalue weighted by atomic mass is 10.0. The first-order valence-electron chi connectivity index (χ1n) is 9.39. The standard InChI is InChI=1S/C19H29N3O3/c1-14(18(23)20-15-6-3-4-7-15)21-12-9-16(10-13-21)22-11-5-8-17(22)19(24)25-2/h5,8,11,14-16H,3-4,6-7,9-10,12-13H2,1-2H3,(H,20,23)/t14-/m1/s1. The fourth-order valence-electron chi connectivity index (χ4n) is 4.10. The van der Waals surface area contributed by atoms with Gasteiger partial charge in [0.1, 0.15) is 5.69 Å². The van der Waals surface area contributed by atoms with Crippen molar-refractivity contribution in [3.05, 3.63) is 24.0 Å². The third-order valence-electron chi connectivity index (χ3n) is 5.69. The predicted molar refractivity (Wildman–Crippen MR) is 95.5 cm³/mol. The molecule has 1 aromatic rings. The van der Waals surface area contributed by atoms with Crippen molar-refractivity contribution in [1.29, 1.82) is 0 Å². The van der Waals surface area contributed by atoms with Crippen molar-refractivity contribution in [1.82, 2.24) is 14.8 Å². The molecule has 0 unspecified atom stereocenters. The van der Waals surface area contributed by atoms with Crippen molar-refractivity contribution in [3.8, 4) is 0 Å². The Morgan fingerprint density at radius 3 is 2.52 bits per heavy atom. The van der Waals surface area contributed by atoms with E-state index in [1.807, 2.05) is 23.8 Å². The van der Waals surface area contributed by atoms with Gasteiger partial charge in [0.15, 0.2) is 0 Å². The van der Waals surface area contributed by atoms with Crippen LogP contribution in [-0.2, 0) is 9.53 Å². The first-order chi connectivity index (χ1) is 12.1. The van der Waals surface area contributed by atoms with Crippen LogP contribution in [0.5, 0.6) is 0 Å². The molecule has 6 nitrogen and oxygen atoms in total. The zero-order chi connectivity index (χ0) is 17.8. The minimum atomic E-state index is -0.295. The smallest absolute Gasteiger partial charge is 0.354 e. The third kappa shape index (κ3) is 4.06. The number of methoxy groups -OCH3 is 1. The summed E-state index contributed by atoms with van der Waals surface area (Å²) < 4.78 is 6.88. The molecule has 0 radical (unpaired) electrons. The molecule has 1 N–H and O–H groups in total. The van der Waals surface area contributed by atoms with E-state index >= 15 is 0 Å². The van der Waals surface area contributed by atoms with Crippen molar-refractivity contribution >= 4 is 11.9 Å². The number of nitrogens with zero attached hydrogens (tertiary/aromatic N) is 2. The van der Waals surface area contributed by atoms with Gasteiger partial charge in [-0.1, -0.05) is 12.8 Å². The summed E-state index contributed by atoms with van der Waals surface area (Å²) in [5.41, 5.74) is 0.605. The van der Waals surface area contributed by atoms with E-state index in [1.165, 1.54) is 20.0 Å². The van der Waals surface area contributed by atoms with Gasteiger partial charge < -0.3 is 14.6 Å². The molecule has 0 aromatic carbocycles. The maximum atomic E-state index is 12.5. The summed E-state index contributed by atoms with van der Waals surface area (Å²) in [6.45, 7) is 3.73. The molecule has 1 aliphatic carbocycles. The van der Waals surface area contributed by atoms with E-state index in [0.717, 1.165) is 38.8 Å². The number of hydrogen-bond acceptors (Lipinski definition) is 4. The zero-order valence-electron chi connectivity index (χ0n) is 15.2. The Morgan fingerprint density at radius 1 is 1.20 bits per heavy atom. The normalized spacial score (nSPS) is 21.2. The zero-order valence-corrected chi connectivity index (χ0v) is 15.2. The van der Waals surface area contributed by atoms with Gasteiger partial charge in [0, 0.05) is 31.4 Å². The molecule has 0 spiro atoms. The third-order valence-corrected chi connectivity index (χ3v) is 5.69. The Hall–Kier alpha value is -1.82. The number of carbonyl (C=O) groups is 2. The molecule has 2 fully saturated rings. The lowest BCUT2D eigenvalue weighted by Crippen LogP contribution is -2.50. The van der Waals surface area contributed by atoms with Crippen LogP contribution in [0.4, 0.5) is 0 Å². The van der Waals surface area contributed by atoms with Crippen LogP contribution in [-0.4, -0.2) is 53.6 Å². The molecule has 25 heavy (non-hydrogen) atoms. The fraction of sp³-hybridized carbons (Fsp3) is 0.684. The van der Waals surface area contributed by atoms with Crippen molar-refractivity contribution in [3.63, 3.8) is 0 Å². The first-order valence-corrected chi connectivity index (χ1v) is 9.39. The highest BCUT2D eigenvalue weighted by atomic mass is 16.5. The molecular weight excluding hydrogens is 318 g/mol. The predicted octanol–water partition coefficient (Wildman–Crippen LogP) is 2.36. The van der Waals surface area contributed by atoms with Crippen LogP contribution >= 0.6 is 0 Å². The molecule has 1 atom stereocenters. The molecule has 2 aliphatic rings. The number of amides is 1. The van der Waals surface area contributed by atoms with Crippen LogP contribution in [0, 0.1) is 0 Å². The maximum absolute atomic E-state index is 12.5. The van der Waals surface area contributed by atoms with Gasteiger partial charge in [0.2, 0.25) is 5.91 Å². The second kappa shape index (κ2) is 8.04. The lowest BCUT2D eigenvalue weighted by molar-refractivity contribution is -0.127. The molecule has 1 amide bonds. The molecular formula is C19H29N3O3. The molecule has 1 aliphatic heterocycles. The Kier molecular flexibility index (Phi) is 5.78. The number of likely N-dealkylation sites (tertiary alicyclic amines) is 1. The van der Waals surface area contributed by atoms with Crippen molar-refractivity contribution < 1.29 is 14.3 Å². The molecule has 2 heterocycles. The van der Waals surface area contributed by atoms with Crippen LogP contribution < -0.4 is 5.32 Å². The number of carbonyl (C=O) groups excluding carboxylic acids is 2. The molecule has 138 valence electrons. The van der Waals surface area contributed by atoms with Crippen molar-refractivity contribution in [2.75, 3.05) is 20.2 Å². The van der Waals surface area contributed by atoms with Gasteiger partial charge in [-0.3, -0.25) is 9.69 Å². The number of piperidine rings is 1. The molecule has 6 heteroatoms. The van der Waals surface area contributed by atoms with E-state index in [2.05, 4.69) is 10.2 Å². The van der Waals surface area contributed by atoms with Crippen LogP contribution in [0.15, 0.2) is 18.3 Å². The highest BCUT2D eigenvalue weighted by molar-refractivity contribution is 5.87. The Labute approximate surface area is 149 Å². The number of aromatic nitrogens is 1. The number of nitrogens with one attached hydrogen (secondary N) is 1. The minimum Gasteiger partial charge on any atom is -0.464 e. The number of hydrogen-bond donors (Lipinski definition) is 1. The summed E-state index contributed by atoms with van der Waals surface area (Å²) in [5, 5.41) is 3.20. The van der Waals surface area contributed by atoms with Crippen LogP contribution in [0.1, 0.15) is 62.0 Å². The van der Waals surface area contributed by atoms with Gasteiger partial charge in [-0.25, -0.2) is 4.79 Å². The molecule has 1 saturated carbocycles. The summed E-state index contributed by atoms with van der Waals surface area (Å²) in [6, 6.07) is 4.25. The average molecular weight is 347 g/mol. The Bertz CT molecular complexity index is 599. The lowest BCUT2D eigenvalue weighted by Gasteiger charge is -2.36. The summed E-state index contributed by atoms with van der Waals surface area (Å²) >= 11 is 0. The summed E-state index contributed by atoms with van der Waals surface area (Å²) in [7, 11) is 1.41. The van der Waals surface area contributed by atoms with E-state index in [-0.39, 0.29) is 24.0 Å². The average Bonchev–Trinajstić information content (AvgIpc) is 3.32. The summed E-state index contributed by atoms with van der Waals surface area (Å²) in [5.74, 6) is -0.140. The van der Waals surface area contributed by atoms with Gasteiger partial charge in [-0.15, -0.1) is 0 Å². The highest BCUT2D eigenvalue weighted by Gasteiger charge is 2.29. The molecule has 0 bridgehead atoms. The first kappa shape index (κ1) is 18.0. The second-order valence-corrected chi connectivity index (χ2v) is 7.23. The van der Waals surface area contributed by atoms with Gasteiger partial charge in [-0.05, 0) is 44.7 Å². The van der Waals surface area contributed by atoms with E-state index in [4.69, 9.17) is 4.74 Å². The van der Waals surface area contributed by atoms with E-state index in [9.17, 15) is 9.59 Å². The van der Waals surface area contributed by atoms with Gasteiger partial charge in [0.25, 0.3) is 0 Å². The topological polar surface area (TPSA) is 63.6 Å². The Morgan fingerprint density at radius 2 is 1.88 bits per heavy atom. The molecule has 1 aromatic heterocycles. The number of rotatable bonds is 5. The van der Waals surface area contributed by atoms with E-state index in [0.29, 0.717) is 11.7 Å². The largest absolute Gasteiger partial charge is 0.464 e. The summed E-state index contributed by atoms with van der Waals surface area (Å²) in [6.07, 6.45) is 8.49. The van der Waals surface area contributed by atoms with Crippen LogP contribution in [0.25, 0.3) is 0 Å². The van der Waals surface area contributed by atoms with Crippen molar-refractivity contribution in [2.45, 2.75) is 63.6 Å². The van der Waals surface area contributed by atoms with Crippen LogP contribution in [0.3, 0.4) is 0 Å². The fourth-order valence-corrected chi connectivity index (χ4v) is 4.10. The van der Waals surface area contributed by atoms with Gasteiger partial charge in [-0.2, -0.15) is 0 Å². The molecule has 3 rings (SSSR count). The Balaban J connectivity index is 1.53. The van der Waals surface area contributed by atoms with Gasteiger partial charge in [0.05, 0.1) is 13.2 Å². The van der Waals surface area contributed by atoms with E-state index in [1.54, 1.807) is 6.07 Å².